The van der Waals surface area contributed by atoms with Crippen LogP contribution >= 0.6 is 12.6 Å². The lowest BCUT2D eigenvalue weighted by Crippen LogP contribution is -2.49. The van der Waals surface area contributed by atoms with Gasteiger partial charge in [-0.2, -0.15) is 12.6 Å². The second-order valence-electron chi connectivity index (χ2n) is 4.59. The smallest absolute Gasteiger partial charge is 0.327 e. The Hall–Kier alpha value is -1.28. The molecule has 0 aliphatic carbocycles. The third kappa shape index (κ3) is 7.68. The molecular formula is C11H21N3O4S. The van der Waals surface area contributed by atoms with E-state index in [0.29, 0.717) is 6.42 Å². The molecule has 0 saturated heterocycles. The van der Waals surface area contributed by atoms with Crippen LogP contribution in [0.4, 0.5) is 0 Å². The van der Waals surface area contributed by atoms with E-state index in [0.717, 1.165) is 0 Å². The van der Waals surface area contributed by atoms with Gasteiger partial charge in [0.2, 0.25) is 11.8 Å². The Labute approximate surface area is 117 Å². The molecule has 0 spiro atoms. The average Bonchev–Trinajstić information content (AvgIpc) is 2.31. The molecule has 19 heavy (non-hydrogen) atoms. The molecule has 0 heterocycles. The van der Waals surface area contributed by atoms with Crippen LogP contribution in [0.5, 0.6) is 0 Å². The number of hydrogen-bond acceptors (Lipinski definition) is 5. The van der Waals surface area contributed by atoms with Crippen LogP contribution in [0.25, 0.3) is 0 Å². The van der Waals surface area contributed by atoms with Crippen LogP contribution in [-0.4, -0.2) is 47.3 Å². The minimum absolute atomic E-state index is 0.0259. The summed E-state index contributed by atoms with van der Waals surface area (Å²) >= 11 is 3.81. The zero-order valence-electron chi connectivity index (χ0n) is 11.0. The Bertz CT molecular complexity index is 336. The van der Waals surface area contributed by atoms with Crippen LogP contribution < -0.4 is 16.4 Å². The number of carbonyl (C=O) groups is 3. The normalized spacial score (nSPS) is 13.7. The second kappa shape index (κ2) is 8.76. The lowest BCUT2D eigenvalue weighted by Gasteiger charge is -2.15. The zero-order valence-corrected chi connectivity index (χ0v) is 11.9. The van der Waals surface area contributed by atoms with Crippen LogP contribution in [0.1, 0.15) is 20.3 Å². The molecule has 2 amide bonds. The molecule has 110 valence electrons. The molecule has 0 rings (SSSR count). The summed E-state index contributed by atoms with van der Waals surface area (Å²) in [5, 5.41) is 13.3. The molecule has 0 aromatic rings. The van der Waals surface area contributed by atoms with Gasteiger partial charge in [0.1, 0.15) is 6.04 Å². The summed E-state index contributed by atoms with van der Waals surface area (Å²) in [7, 11) is 0. The summed E-state index contributed by atoms with van der Waals surface area (Å²) in [6.07, 6.45) is 0.516. The van der Waals surface area contributed by atoms with Crippen LogP contribution in [0.3, 0.4) is 0 Å². The van der Waals surface area contributed by atoms with E-state index >= 15 is 0 Å². The summed E-state index contributed by atoms with van der Waals surface area (Å²) in [6, 6.07) is -1.75. The van der Waals surface area contributed by atoms with E-state index < -0.39 is 29.9 Å². The topological polar surface area (TPSA) is 122 Å². The van der Waals surface area contributed by atoms with Gasteiger partial charge in [-0.25, -0.2) is 4.79 Å². The van der Waals surface area contributed by atoms with Gasteiger partial charge in [-0.15, -0.1) is 0 Å². The molecule has 0 aromatic heterocycles. The standard InChI is InChI=1S/C11H21N3O4S/c1-6(2)3-7(12)10(16)13-4-9(15)14-8(5-19)11(17)18/h6-8,19H,3-5,12H2,1-2H3,(H,13,16)(H,14,15)(H,17,18)/t7-,8-/m0/s1. The Balaban J connectivity index is 4.09. The fraction of sp³-hybridized carbons (Fsp3) is 0.727. The third-order valence-corrected chi connectivity index (χ3v) is 2.67. The van der Waals surface area contributed by atoms with Gasteiger partial charge < -0.3 is 21.5 Å². The van der Waals surface area contributed by atoms with E-state index in [-0.39, 0.29) is 18.2 Å². The number of carboxylic acid groups (broad SMARTS) is 1. The van der Waals surface area contributed by atoms with Crippen molar-refractivity contribution in [3.8, 4) is 0 Å². The molecule has 8 heteroatoms. The number of aliphatic carboxylic acids is 1. The lowest BCUT2D eigenvalue weighted by molar-refractivity contribution is -0.141. The van der Waals surface area contributed by atoms with Crippen molar-refractivity contribution in [2.45, 2.75) is 32.4 Å². The third-order valence-electron chi connectivity index (χ3n) is 2.30. The maximum Gasteiger partial charge on any atom is 0.327 e. The van der Waals surface area contributed by atoms with Crippen molar-refractivity contribution in [3.05, 3.63) is 0 Å². The van der Waals surface area contributed by atoms with Gasteiger partial charge in [-0.05, 0) is 12.3 Å². The second-order valence-corrected chi connectivity index (χ2v) is 4.96. The number of rotatable bonds is 8. The predicted octanol–water partition coefficient (Wildman–Crippen LogP) is -1.02. The van der Waals surface area contributed by atoms with Crippen LogP contribution in [0, 0.1) is 5.92 Å². The van der Waals surface area contributed by atoms with E-state index in [1.807, 2.05) is 13.8 Å². The highest BCUT2D eigenvalue weighted by Crippen LogP contribution is 2.02. The number of hydrogen-bond donors (Lipinski definition) is 5. The molecule has 0 aliphatic rings. The largest absolute Gasteiger partial charge is 0.480 e. The molecule has 5 N–H and O–H groups in total. The number of carboxylic acids is 1. The molecule has 0 saturated carbocycles. The van der Waals surface area contributed by atoms with Gasteiger partial charge in [0.25, 0.3) is 0 Å². The van der Waals surface area contributed by atoms with E-state index in [9.17, 15) is 14.4 Å². The van der Waals surface area contributed by atoms with Gasteiger partial charge in [0, 0.05) is 5.75 Å². The minimum atomic E-state index is -1.17. The summed E-state index contributed by atoms with van der Waals surface area (Å²) < 4.78 is 0. The van der Waals surface area contributed by atoms with Crippen LogP contribution in [-0.2, 0) is 14.4 Å². The van der Waals surface area contributed by atoms with E-state index in [4.69, 9.17) is 10.8 Å². The first kappa shape index (κ1) is 17.7. The highest BCUT2D eigenvalue weighted by Gasteiger charge is 2.19. The Kier molecular flexibility index (Phi) is 8.17. The predicted molar refractivity (Wildman–Crippen MR) is 73.9 cm³/mol. The molecule has 7 nitrogen and oxygen atoms in total. The monoisotopic (exact) mass is 291 g/mol. The van der Waals surface area contributed by atoms with Crippen molar-refractivity contribution in [3.63, 3.8) is 0 Å². The minimum Gasteiger partial charge on any atom is -0.480 e. The Morgan fingerprint density at radius 3 is 2.32 bits per heavy atom. The molecule has 0 fully saturated rings. The SMILES string of the molecule is CC(C)C[C@H](N)C(=O)NCC(=O)N[C@@H](CS)C(=O)O. The summed E-state index contributed by atoms with van der Waals surface area (Å²) in [5.74, 6) is -1.95. The lowest BCUT2D eigenvalue weighted by atomic mass is 10.0. The molecule has 0 radical (unpaired) electrons. The fourth-order valence-electron chi connectivity index (χ4n) is 1.34. The van der Waals surface area contributed by atoms with Crippen molar-refractivity contribution < 1.29 is 19.5 Å². The molecule has 0 aliphatic heterocycles. The number of carbonyl (C=O) groups excluding carboxylic acids is 2. The first-order valence-corrected chi connectivity index (χ1v) is 6.57. The zero-order chi connectivity index (χ0) is 15.0. The van der Waals surface area contributed by atoms with Gasteiger partial charge >= 0.3 is 5.97 Å². The maximum atomic E-state index is 11.5. The van der Waals surface area contributed by atoms with Crippen LogP contribution in [0.15, 0.2) is 0 Å². The highest BCUT2D eigenvalue weighted by molar-refractivity contribution is 7.80. The van der Waals surface area contributed by atoms with E-state index in [1.54, 1.807) is 0 Å². The maximum absolute atomic E-state index is 11.5. The van der Waals surface area contributed by atoms with Crippen molar-refractivity contribution in [1.82, 2.24) is 10.6 Å². The Morgan fingerprint density at radius 2 is 1.89 bits per heavy atom. The number of nitrogens with one attached hydrogen (secondary N) is 2. The number of nitrogens with two attached hydrogens (primary N) is 1. The van der Waals surface area contributed by atoms with Gasteiger partial charge in [-0.3, -0.25) is 9.59 Å². The first-order chi connectivity index (χ1) is 8.77. The Morgan fingerprint density at radius 1 is 1.32 bits per heavy atom. The number of thiol groups is 1. The fourth-order valence-corrected chi connectivity index (χ4v) is 1.59. The first-order valence-electron chi connectivity index (χ1n) is 5.94. The summed E-state index contributed by atoms with van der Waals surface area (Å²) in [6.45, 7) is 3.57. The van der Waals surface area contributed by atoms with E-state index in [2.05, 4.69) is 23.3 Å². The van der Waals surface area contributed by atoms with Crippen molar-refractivity contribution in [1.29, 1.82) is 0 Å². The molecular weight excluding hydrogens is 270 g/mol. The summed E-state index contributed by atoms with van der Waals surface area (Å²) in [5.41, 5.74) is 5.63. The molecule has 0 aromatic carbocycles. The average molecular weight is 291 g/mol. The molecule has 0 bridgehead atoms. The van der Waals surface area contributed by atoms with Crippen molar-refractivity contribution in [2.24, 2.45) is 11.7 Å². The summed E-state index contributed by atoms with van der Waals surface area (Å²) in [4.78, 5) is 33.6. The van der Waals surface area contributed by atoms with Crippen LogP contribution in [0.2, 0.25) is 0 Å². The number of amides is 2. The quantitative estimate of drug-likeness (QED) is 0.366. The van der Waals surface area contributed by atoms with Crippen molar-refractivity contribution in [2.75, 3.05) is 12.3 Å². The molecule has 2 atom stereocenters. The van der Waals surface area contributed by atoms with Gasteiger partial charge in [0.05, 0.1) is 12.6 Å². The van der Waals surface area contributed by atoms with Gasteiger partial charge in [-0.1, -0.05) is 13.8 Å². The highest BCUT2D eigenvalue weighted by atomic mass is 32.1. The molecule has 0 unspecified atom stereocenters. The van der Waals surface area contributed by atoms with Gasteiger partial charge in [0.15, 0.2) is 0 Å². The van der Waals surface area contributed by atoms with Crippen molar-refractivity contribution >= 4 is 30.4 Å². The van der Waals surface area contributed by atoms with E-state index in [1.165, 1.54) is 0 Å².